The van der Waals surface area contributed by atoms with E-state index >= 15 is 0 Å². The highest BCUT2D eigenvalue weighted by molar-refractivity contribution is 6.08. The number of nitrogens with zero attached hydrogens (tertiary/aromatic N) is 2. The number of nitrogens with one attached hydrogen (secondary N) is 2. The summed E-state index contributed by atoms with van der Waals surface area (Å²) in [4.78, 5) is 46.8. The summed E-state index contributed by atoms with van der Waals surface area (Å²) in [6, 6.07) is 20.7. The van der Waals surface area contributed by atoms with Crippen LogP contribution in [0, 0.1) is 0 Å². The zero-order chi connectivity index (χ0) is 24.6. The number of carbonyl (C=O) groups is 3. The molecular weight excluding hydrogens is 444 g/mol. The quantitative estimate of drug-likeness (QED) is 0.360. The highest BCUT2D eigenvalue weighted by atomic mass is 16.5. The van der Waals surface area contributed by atoms with Gasteiger partial charge in [-0.15, -0.1) is 0 Å². The van der Waals surface area contributed by atoms with Gasteiger partial charge in [0.15, 0.2) is 0 Å². The van der Waals surface area contributed by atoms with Crippen molar-refractivity contribution in [3.05, 3.63) is 96.6 Å². The van der Waals surface area contributed by atoms with E-state index in [1.807, 2.05) is 66.7 Å². The van der Waals surface area contributed by atoms with E-state index in [9.17, 15) is 14.4 Å². The van der Waals surface area contributed by atoms with Crippen molar-refractivity contribution in [3.63, 3.8) is 0 Å². The molecule has 8 nitrogen and oxygen atoms in total. The standard InChI is InChI=1S/C27H26N4O4/c1-19(30-27(34)35-17-20-8-3-2-4-9-20)26(33)31(23(16-32)14-22-15-28-18-29-22)25-13-7-11-21-10-5-6-12-24(21)25/h2-13,15-16,18-19,23H,14,17H2,1H3,(H,28,29)(H,30,34)/t19-,23-/m0/s1. The second-order valence-corrected chi connectivity index (χ2v) is 8.12. The summed E-state index contributed by atoms with van der Waals surface area (Å²) in [5.41, 5.74) is 2.12. The number of fused-ring (bicyclic) bond motifs is 1. The van der Waals surface area contributed by atoms with Gasteiger partial charge in [-0.3, -0.25) is 9.69 Å². The molecule has 178 valence electrons. The van der Waals surface area contributed by atoms with Crippen molar-refractivity contribution in [2.75, 3.05) is 4.90 Å². The van der Waals surface area contributed by atoms with E-state index in [1.165, 1.54) is 11.2 Å². The first kappa shape index (κ1) is 23.7. The maximum Gasteiger partial charge on any atom is 0.408 e. The van der Waals surface area contributed by atoms with Crippen molar-refractivity contribution in [1.82, 2.24) is 15.3 Å². The number of anilines is 1. The predicted molar refractivity (Wildman–Crippen MR) is 133 cm³/mol. The van der Waals surface area contributed by atoms with Gasteiger partial charge in [-0.05, 0) is 23.9 Å². The molecular formula is C27H26N4O4. The molecule has 2 atom stereocenters. The van der Waals surface area contributed by atoms with Crippen molar-refractivity contribution in [1.29, 1.82) is 0 Å². The number of aromatic amines is 1. The highest BCUT2D eigenvalue weighted by Crippen LogP contribution is 2.29. The van der Waals surface area contributed by atoms with Crippen molar-refractivity contribution in [2.24, 2.45) is 0 Å². The third-order valence-corrected chi connectivity index (χ3v) is 5.65. The summed E-state index contributed by atoms with van der Waals surface area (Å²) < 4.78 is 5.27. The van der Waals surface area contributed by atoms with E-state index < -0.39 is 24.1 Å². The summed E-state index contributed by atoms with van der Waals surface area (Å²) in [7, 11) is 0. The van der Waals surface area contributed by atoms with Gasteiger partial charge in [0.05, 0.1) is 18.1 Å². The fourth-order valence-corrected chi connectivity index (χ4v) is 3.91. The summed E-state index contributed by atoms with van der Waals surface area (Å²) in [6.07, 6.45) is 3.40. The average molecular weight is 471 g/mol. The predicted octanol–water partition coefficient (Wildman–Crippen LogP) is 4.02. The first-order valence-electron chi connectivity index (χ1n) is 11.3. The maximum absolute atomic E-state index is 13.7. The Morgan fingerprint density at radius 1 is 1.06 bits per heavy atom. The van der Waals surface area contributed by atoms with Gasteiger partial charge < -0.3 is 19.8 Å². The van der Waals surface area contributed by atoms with Crippen LogP contribution >= 0.6 is 0 Å². The Labute approximate surface area is 202 Å². The van der Waals surface area contributed by atoms with Crippen molar-refractivity contribution >= 4 is 34.7 Å². The van der Waals surface area contributed by atoms with Crippen LogP contribution in [0.4, 0.5) is 10.5 Å². The molecule has 2 N–H and O–H groups in total. The van der Waals surface area contributed by atoms with E-state index in [2.05, 4.69) is 15.3 Å². The van der Waals surface area contributed by atoms with E-state index in [4.69, 9.17) is 4.74 Å². The summed E-state index contributed by atoms with van der Waals surface area (Å²) in [5, 5.41) is 4.34. The molecule has 0 aliphatic heterocycles. The second kappa shape index (κ2) is 11.1. The van der Waals surface area contributed by atoms with Gasteiger partial charge in [-0.25, -0.2) is 9.78 Å². The van der Waals surface area contributed by atoms with E-state index in [1.54, 1.807) is 19.2 Å². The van der Waals surface area contributed by atoms with Crippen LogP contribution < -0.4 is 10.2 Å². The van der Waals surface area contributed by atoms with Gasteiger partial charge in [0.1, 0.15) is 18.9 Å². The molecule has 0 saturated heterocycles. The third kappa shape index (κ3) is 5.73. The molecule has 4 rings (SSSR count). The number of benzene rings is 3. The minimum absolute atomic E-state index is 0.0808. The molecule has 0 radical (unpaired) electrons. The molecule has 8 heteroatoms. The van der Waals surface area contributed by atoms with E-state index in [-0.39, 0.29) is 13.0 Å². The molecule has 0 bridgehead atoms. The summed E-state index contributed by atoms with van der Waals surface area (Å²) >= 11 is 0. The van der Waals surface area contributed by atoms with Crippen molar-refractivity contribution < 1.29 is 19.1 Å². The number of imidazole rings is 1. The number of H-pyrrole nitrogens is 1. The monoisotopic (exact) mass is 470 g/mol. The molecule has 1 aromatic heterocycles. The molecule has 0 fully saturated rings. The van der Waals surface area contributed by atoms with Gasteiger partial charge in [-0.1, -0.05) is 66.7 Å². The van der Waals surface area contributed by atoms with Crippen molar-refractivity contribution in [2.45, 2.75) is 32.0 Å². The van der Waals surface area contributed by atoms with Crippen LogP contribution in [0.1, 0.15) is 18.2 Å². The van der Waals surface area contributed by atoms with Crippen LogP contribution in [-0.2, 0) is 27.4 Å². The fourth-order valence-electron chi connectivity index (χ4n) is 3.91. The Hall–Kier alpha value is -4.46. The van der Waals surface area contributed by atoms with Crippen LogP contribution in [0.15, 0.2) is 85.3 Å². The van der Waals surface area contributed by atoms with Crippen LogP contribution in [0.2, 0.25) is 0 Å². The highest BCUT2D eigenvalue weighted by Gasteiger charge is 2.31. The lowest BCUT2D eigenvalue weighted by atomic mass is 10.0. The molecule has 0 spiro atoms. The number of hydrogen-bond acceptors (Lipinski definition) is 5. The molecule has 4 aromatic rings. The van der Waals surface area contributed by atoms with Crippen LogP contribution in [0.3, 0.4) is 0 Å². The molecule has 0 aliphatic rings. The van der Waals surface area contributed by atoms with E-state index in [0.717, 1.165) is 22.6 Å². The maximum atomic E-state index is 13.7. The SMILES string of the molecule is C[C@H](NC(=O)OCc1ccccc1)C(=O)N(c1cccc2ccccc12)[C@H](C=O)Cc1cnc[nH]1. The molecule has 0 unspecified atom stereocenters. The molecule has 35 heavy (non-hydrogen) atoms. The average Bonchev–Trinajstić information content (AvgIpc) is 3.41. The lowest BCUT2D eigenvalue weighted by Gasteiger charge is -2.31. The Kier molecular flexibility index (Phi) is 7.52. The fraction of sp³-hybridized carbons (Fsp3) is 0.185. The van der Waals surface area contributed by atoms with Crippen LogP contribution in [0.5, 0.6) is 0 Å². The number of aromatic nitrogens is 2. The zero-order valence-corrected chi connectivity index (χ0v) is 19.3. The first-order valence-corrected chi connectivity index (χ1v) is 11.3. The van der Waals surface area contributed by atoms with Crippen LogP contribution in [-0.4, -0.2) is 40.3 Å². The molecule has 1 heterocycles. The van der Waals surface area contributed by atoms with Crippen molar-refractivity contribution in [3.8, 4) is 0 Å². The Morgan fingerprint density at radius 3 is 2.54 bits per heavy atom. The minimum Gasteiger partial charge on any atom is -0.445 e. The molecule has 0 aliphatic carbocycles. The number of carbonyl (C=O) groups excluding carboxylic acids is 3. The van der Waals surface area contributed by atoms with Gasteiger partial charge in [0.2, 0.25) is 5.91 Å². The lowest BCUT2D eigenvalue weighted by Crippen LogP contribution is -2.52. The van der Waals surface area contributed by atoms with Gasteiger partial charge >= 0.3 is 6.09 Å². The van der Waals surface area contributed by atoms with Gasteiger partial charge in [-0.2, -0.15) is 0 Å². The van der Waals surface area contributed by atoms with Crippen LogP contribution in [0.25, 0.3) is 10.8 Å². The number of aldehydes is 1. The normalized spacial score (nSPS) is 12.5. The molecule has 3 aromatic carbocycles. The topological polar surface area (TPSA) is 104 Å². The minimum atomic E-state index is -0.943. The smallest absolute Gasteiger partial charge is 0.408 e. The summed E-state index contributed by atoms with van der Waals surface area (Å²) in [6.45, 7) is 1.65. The molecule has 2 amide bonds. The number of rotatable bonds is 9. The third-order valence-electron chi connectivity index (χ3n) is 5.65. The van der Waals surface area contributed by atoms with Gasteiger partial charge in [0, 0.05) is 23.7 Å². The number of amides is 2. The second-order valence-electron chi connectivity index (χ2n) is 8.12. The first-order chi connectivity index (χ1) is 17.1. The Balaban J connectivity index is 1.59. The largest absolute Gasteiger partial charge is 0.445 e. The summed E-state index contributed by atoms with van der Waals surface area (Å²) in [5.74, 6) is -0.436. The van der Waals surface area contributed by atoms with Gasteiger partial charge in [0.25, 0.3) is 0 Å². The number of ether oxygens (including phenoxy) is 1. The number of alkyl carbamates (subject to hydrolysis) is 1. The van der Waals surface area contributed by atoms with E-state index in [0.29, 0.717) is 11.4 Å². The Bertz CT molecular complexity index is 1290. The lowest BCUT2D eigenvalue weighted by molar-refractivity contribution is -0.122. The zero-order valence-electron chi connectivity index (χ0n) is 19.3. The molecule has 0 saturated carbocycles. The Morgan fingerprint density at radius 2 is 1.80 bits per heavy atom. The number of hydrogen-bond donors (Lipinski definition) is 2.